The first-order valence-corrected chi connectivity index (χ1v) is 7.26. The van der Waals surface area contributed by atoms with Crippen LogP contribution < -0.4 is 10.2 Å². The van der Waals surface area contributed by atoms with Crippen LogP contribution in [0.15, 0.2) is 47.1 Å². The predicted molar refractivity (Wildman–Crippen MR) is 82.9 cm³/mol. The molecular formula is C15H14BrN3O. The molecule has 0 bridgehead atoms. The molecule has 2 heterocycles. The number of benzene rings is 1. The Morgan fingerprint density at radius 2 is 2.15 bits per heavy atom. The molecule has 20 heavy (non-hydrogen) atoms. The standard InChI is InChI=1S/C15H14BrN3O/c16-12-5-6-14(17-9-12)18-15(20)10-19-8-7-11-3-1-2-4-13(11)19/h1-6,9H,7-8,10H2,(H,17,18,20). The Hall–Kier alpha value is -1.88. The molecule has 0 saturated heterocycles. The van der Waals surface area contributed by atoms with E-state index in [9.17, 15) is 4.79 Å². The zero-order valence-electron chi connectivity index (χ0n) is 10.8. The van der Waals surface area contributed by atoms with Crippen LogP contribution in [-0.2, 0) is 11.2 Å². The minimum absolute atomic E-state index is 0.0449. The Morgan fingerprint density at radius 1 is 1.30 bits per heavy atom. The summed E-state index contributed by atoms with van der Waals surface area (Å²) >= 11 is 3.32. The Bertz CT molecular complexity index is 627. The van der Waals surface area contributed by atoms with Crippen LogP contribution in [0.1, 0.15) is 5.56 Å². The third-order valence-corrected chi connectivity index (χ3v) is 3.78. The van der Waals surface area contributed by atoms with Gasteiger partial charge in [-0.2, -0.15) is 0 Å². The van der Waals surface area contributed by atoms with Crippen molar-refractivity contribution in [1.82, 2.24) is 4.98 Å². The molecule has 0 spiro atoms. The average Bonchev–Trinajstić information content (AvgIpc) is 2.85. The van der Waals surface area contributed by atoms with Crippen LogP contribution in [0.3, 0.4) is 0 Å². The van der Waals surface area contributed by atoms with Gasteiger partial charge in [0.1, 0.15) is 5.82 Å². The van der Waals surface area contributed by atoms with Crippen molar-refractivity contribution in [3.05, 3.63) is 52.6 Å². The Morgan fingerprint density at radius 3 is 2.95 bits per heavy atom. The van der Waals surface area contributed by atoms with Gasteiger partial charge >= 0.3 is 0 Å². The van der Waals surface area contributed by atoms with E-state index in [-0.39, 0.29) is 5.91 Å². The molecule has 2 aromatic rings. The van der Waals surface area contributed by atoms with Gasteiger partial charge in [0.05, 0.1) is 6.54 Å². The van der Waals surface area contributed by atoms with Crippen molar-refractivity contribution in [2.75, 3.05) is 23.3 Å². The number of amides is 1. The SMILES string of the molecule is O=C(CN1CCc2ccccc21)Nc1ccc(Br)cn1. The summed E-state index contributed by atoms with van der Waals surface area (Å²) in [7, 11) is 0. The summed E-state index contributed by atoms with van der Waals surface area (Å²) in [5, 5.41) is 2.81. The molecule has 1 aliphatic heterocycles. The van der Waals surface area contributed by atoms with Crippen LogP contribution in [0.2, 0.25) is 0 Å². The number of carbonyl (C=O) groups is 1. The number of para-hydroxylation sites is 1. The number of nitrogens with one attached hydrogen (secondary N) is 1. The topological polar surface area (TPSA) is 45.2 Å². The average molecular weight is 332 g/mol. The van der Waals surface area contributed by atoms with Gasteiger partial charge < -0.3 is 10.2 Å². The number of aromatic nitrogens is 1. The molecule has 0 saturated carbocycles. The molecule has 0 unspecified atom stereocenters. The maximum Gasteiger partial charge on any atom is 0.245 e. The zero-order chi connectivity index (χ0) is 13.9. The van der Waals surface area contributed by atoms with Gasteiger partial charge in [0.15, 0.2) is 0 Å². The quantitative estimate of drug-likeness (QED) is 0.940. The predicted octanol–water partition coefficient (Wildman–Crippen LogP) is 2.85. The van der Waals surface area contributed by atoms with Gasteiger partial charge in [0.2, 0.25) is 5.91 Å². The van der Waals surface area contributed by atoms with E-state index in [0.717, 1.165) is 23.1 Å². The molecule has 0 atom stereocenters. The number of hydrogen-bond donors (Lipinski definition) is 1. The number of carbonyl (C=O) groups excluding carboxylic acids is 1. The van der Waals surface area contributed by atoms with Gasteiger partial charge in [0.25, 0.3) is 0 Å². The van der Waals surface area contributed by atoms with E-state index in [1.54, 1.807) is 12.3 Å². The fraction of sp³-hybridized carbons (Fsp3) is 0.200. The fourth-order valence-electron chi connectivity index (χ4n) is 2.38. The highest BCUT2D eigenvalue weighted by Crippen LogP contribution is 2.26. The van der Waals surface area contributed by atoms with Crippen molar-refractivity contribution in [3.63, 3.8) is 0 Å². The molecule has 5 heteroatoms. The van der Waals surface area contributed by atoms with E-state index in [2.05, 4.69) is 43.3 Å². The minimum Gasteiger partial charge on any atom is -0.362 e. The summed E-state index contributed by atoms with van der Waals surface area (Å²) in [5.41, 5.74) is 2.47. The lowest BCUT2D eigenvalue weighted by molar-refractivity contribution is -0.115. The van der Waals surface area contributed by atoms with E-state index < -0.39 is 0 Å². The summed E-state index contributed by atoms with van der Waals surface area (Å²) in [6.07, 6.45) is 2.67. The van der Waals surface area contributed by atoms with Gasteiger partial charge in [-0.3, -0.25) is 4.79 Å². The monoisotopic (exact) mass is 331 g/mol. The molecule has 0 radical (unpaired) electrons. The number of rotatable bonds is 3. The second-order valence-electron chi connectivity index (χ2n) is 4.71. The second kappa shape index (κ2) is 5.63. The third kappa shape index (κ3) is 2.82. The van der Waals surface area contributed by atoms with Crippen molar-refractivity contribution < 1.29 is 4.79 Å². The van der Waals surface area contributed by atoms with E-state index in [1.165, 1.54) is 5.56 Å². The fourth-order valence-corrected chi connectivity index (χ4v) is 2.61. The van der Waals surface area contributed by atoms with Crippen LogP contribution in [0.4, 0.5) is 11.5 Å². The highest BCUT2D eigenvalue weighted by Gasteiger charge is 2.20. The lowest BCUT2D eigenvalue weighted by Crippen LogP contribution is -2.32. The Labute approximate surface area is 126 Å². The first-order valence-electron chi connectivity index (χ1n) is 6.46. The number of nitrogens with zero attached hydrogens (tertiary/aromatic N) is 2. The van der Waals surface area contributed by atoms with Gasteiger partial charge in [-0.25, -0.2) is 4.98 Å². The van der Waals surface area contributed by atoms with Crippen molar-refractivity contribution in [2.24, 2.45) is 0 Å². The van der Waals surface area contributed by atoms with E-state index in [4.69, 9.17) is 0 Å². The Balaban J connectivity index is 1.64. The molecule has 3 rings (SSSR count). The molecule has 1 aliphatic rings. The van der Waals surface area contributed by atoms with Gasteiger partial charge in [-0.15, -0.1) is 0 Å². The molecule has 1 aromatic heterocycles. The van der Waals surface area contributed by atoms with Crippen molar-refractivity contribution >= 4 is 33.3 Å². The van der Waals surface area contributed by atoms with Gasteiger partial charge in [-0.05, 0) is 46.1 Å². The van der Waals surface area contributed by atoms with Gasteiger partial charge in [-0.1, -0.05) is 18.2 Å². The number of anilines is 2. The summed E-state index contributed by atoms with van der Waals surface area (Å²) in [4.78, 5) is 18.3. The second-order valence-corrected chi connectivity index (χ2v) is 5.63. The van der Waals surface area contributed by atoms with Crippen LogP contribution in [0.5, 0.6) is 0 Å². The number of hydrogen-bond acceptors (Lipinski definition) is 3. The van der Waals surface area contributed by atoms with Crippen molar-refractivity contribution in [1.29, 1.82) is 0 Å². The highest BCUT2D eigenvalue weighted by atomic mass is 79.9. The molecule has 1 N–H and O–H groups in total. The summed E-state index contributed by atoms with van der Waals surface area (Å²) < 4.78 is 0.893. The zero-order valence-corrected chi connectivity index (χ0v) is 12.4. The van der Waals surface area contributed by atoms with E-state index >= 15 is 0 Å². The number of pyridine rings is 1. The largest absolute Gasteiger partial charge is 0.362 e. The maximum absolute atomic E-state index is 12.1. The summed E-state index contributed by atoms with van der Waals surface area (Å²) in [6, 6.07) is 11.9. The van der Waals surface area contributed by atoms with Crippen molar-refractivity contribution in [2.45, 2.75) is 6.42 Å². The van der Waals surface area contributed by atoms with Crippen LogP contribution in [0, 0.1) is 0 Å². The van der Waals surface area contributed by atoms with Crippen LogP contribution >= 0.6 is 15.9 Å². The lowest BCUT2D eigenvalue weighted by atomic mass is 10.2. The lowest BCUT2D eigenvalue weighted by Gasteiger charge is -2.18. The molecule has 0 fully saturated rings. The van der Waals surface area contributed by atoms with E-state index in [0.29, 0.717) is 12.4 Å². The normalized spacial score (nSPS) is 13.2. The van der Waals surface area contributed by atoms with Crippen molar-refractivity contribution in [3.8, 4) is 0 Å². The van der Waals surface area contributed by atoms with E-state index in [1.807, 2.05) is 18.2 Å². The van der Waals surface area contributed by atoms with Gasteiger partial charge in [0, 0.05) is 22.9 Å². The molecular weight excluding hydrogens is 318 g/mol. The number of fused-ring (bicyclic) bond motifs is 1. The molecule has 4 nitrogen and oxygen atoms in total. The highest BCUT2D eigenvalue weighted by molar-refractivity contribution is 9.10. The first kappa shape index (κ1) is 13.1. The molecule has 1 aromatic carbocycles. The molecule has 102 valence electrons. The first-order chi connectivity index (χ1) is 9.72. The molecule has 1 amide bonds. The van der Waals surface area contributed by atoms with Crippen LogP contribution in [-0.4, -0.2) is 24.0 Å². The molecule has 0 aliphatic carbocycles. The Kier molecular flexibility index (Phi) is 3.69. The smallest absolute Gasteiger partial charge is 0.245 e. The summed E-state index contributed by atoms with van der Waals surface area (Å²) in [6.45, 7) is 1.25. The maximum atomic E-state index is 12.1. The minimum atomic E-state index is -0.0449. The third-order valence-electron chi connectivity index (χ3n) is 3.31. The summed E-state index contributed by atoms with van der Waals surface area (Å²) in [5.74, 6) is 0.530. The van der Waals surface area contributed by atoms with Crippen LogP contribution in [0.25, 0.3) is 0 Å². The number of halogens is 1.